The number of nitrogens with zero attached hydrogens (tertiary/aromatic N) is 4. The highest BCUT2D eigenvalue weighted by Gasteiger charge is 2.31. The molecule has 128 valence electrons. The van der Waals surface area contributed by atoms with E-state index in [9.17, 15) is 4.79 Å². The number of carbonyl (C=O) groups excluding carboxylic acids is 1. The molecule has 2 atom stereocenters. The smallest absolute Gasteiger partial charge is 0.243 e. The van der Waals surface area contributed by atoms with Crippen LogP contribution in [0.2, 0.25) is 0 Å². The van der Waals surface area contributed by atoms with Crippen LogP contribution in [-0.4, -0.2) is 64.6 Å². The van der Waals surface area contributed by atoms with Gasteiger partial charge in [-0.3, -0.25) is 9.69 Å². The maximum absolute atomic E-state index is 12.5. The van der Waals surface area contributed by atoms with Gasteiger partial charge in [0.05, 0.1) is 12.1 Å². The van der Waals surface area contributed by atoms with Crippen molar-refractivity contribution in [3.05, 3.63) is 11.7 Å². The Balaban J connectivity index is 1.52. The van der Waals surface area contributed by atoms with Gasteiger partial charge in [0.2, 0.25) is 11.8 Å². The third-order valence-electron chi connectivity index (χ3n) is 4.94. The van der Waals surface area contributed by atoms with E-state index in [0.717, 1.165) is 57.8 Å². The van der Waals surface area contributed by atoms with Crippen molar-refractivity contribution in [2.45, 2.75) is 51.6 Å². The summed E-state index contributed by atoms with van der Waals surface area (Å²) in [7, 11) is 0. The molecule has 3 rings (SSSR count). The highest BCUT2D eigenvalue weighted by molar-refractivity contribution is 5.82. The number of hydrogen-bond donors (Lipinski definition) is 1. The second kappa shape index (κ2) is 7.40. The minimum atomic E-state index is 0.0239. The second-order valence-corrected chi connectivity index (χ2v) is 6.44. The molecule has 0 bridgehead atoms. The third-order valence-corrected chi connectivity index (χ3v) is 4.94. The van der Waals surface area contributed by atoms with Crippen molar-refractivity contribution in [3.8, 4) is 0 Å². The molecule has 0 saturated carbocycles. The standard InChI is InChI=1S/C16H27N5O2/c1-3-14-18-15(23-19-14)12(2)20-8-10-21(11-9-20)16(22)13-6-4-5-7-17-13/h12-13,17H,3-11H2,1-2H3/t12?,13-/m1/s1. The number of rotatable bonds is 4. The van der Waals surface area contributed by atoms with E-state index < -0.39 is 0 Å². The SMILES string of the molecule is CCc1noc(C(C)N2CCN(C(=O)[C@H]3CCCCN3)CC2)n1. The first-order valence-electron chi connectivity index (χ1n) is 8.77. The zero-order chi connectivity index (χ0) is 16.2. The van der Waals surface area contributed by atoms with E-state index in [4.69, 9.17) is 4.52 Å². The second-order valence-electron chi connectivity index (χ2n) is 6.44. The molecule has 1 N–H and O–H groups in total. The van der Waals surface area contributed by atoms with Crippen molar-refractivity contribution in [1.29, 1.82) is 0 Å². The summed E-state index contributed by atoms with van der Waals surface area (Å²) in [5.41, 5.74) is 0. The molecule has 7 heteroatoms. The number of amides is 1. The van der Waals surface area contributed by atoms with Crippen LogP contribution in [0.3, 0.4) is 0 Å². The summed E-state index contributed by atoms with van der Waals surface area (Å²) < 4.78 is 5.35. The average Bonchev–Trinajstić information content (AvgIpc) is 3.10. The molecule has 0 spiro atoms. The van der Waals surface area contributed by atoms with Crippen molar-refractivity contribution >= 4 is 5.91 Å². The summed E-state index contributed by atoms with van der Waals surface area (Å²) in [6.45, 7) is 8.32. The number of piperazine rings is 1. The first kappa shape index (κ1) is 16.4. The lowest BCUT2D eigenvalue weighted by atomic mass is 10.0. The van der Waals surface area contributed by atoms with Crippen LogP contribution in [0.4, 0.5) is 0 Å². The van der Waals surface area contributed by atoms with Gasteiger partial charge in [0.1, 0.15) is 0 Å². The Kier molecular flexibility index (Phi) is 5.27. The van der Waals surface area contributed by atoms with E-state index in [1.54, 1.807) is 0 Å². The highest BCUT2D eigenvalue weighted by atomic mass is 16.5. The van der Waals surface area contributed by atoms with Gasteiger partial charge in [0, 0.05) is 32.6 Å². The largest absolute Gasteiger partial charge is 0.339 e. The monoisotopic (exact) mass is 321 g/mol. The summed E-state index contributed by atoms with van der Waals surface area (Å²) in [5, 5.41) is 7.32. The number of aryl methyl sites for hydroxylation is 1. The molecular weight excluding hydrogens is 294 g/mol. The van der Waals surface area contributed by atoms with Gasteiger partial charge < -0.3 is 14.7 Å². The van der Waals surface area contributed by atoms with E-state index in [2.05, 4.69) is 27.3 Å². The predicted molar refractivity (Wildman–Crippen MR) is 85.9 cm³/mol. The lowest BCUT2D eigenvalue weighted by Gasteiger charge is -2.38. The zero-order valence-electron chi connectivity index (χ0n) is 14.1. The molecule has 1 aromatic heterocycles. The van der Waals surface area contributed by atoms with Crippen molar-refractivity contribution in [2.75, 3.05) is 32.7 Å². The molecule has 23 heavy (non-hydrogen) atoms. The van der Waals surface area contributed by atoms with Crippen LogP contribution in [0, 0.1) is 0 Å². The Morgan fingerprint density at radius 3 is 2.74 bits per heavy atom. The van der Waals surface area contributed by atoms with Crippen LogP contribution in [0.25, 0.3) is 0 Å². The fourth-order valence-corrected chi connectivity index (χ4v) is 3.35. The Labute approximate surface area is 137 Å². The van der Waals surface area contributed by atoms with Crippen molar-refractivity contribution < 1.29 is 9.32 Å². The molecule has 1 amide bonds. The summed E-state index contributed by atoms with van der Waals surface area (Å²) >= 11 is 0. The number of hydrogen-bond acceptors (Lipinski definition) is 6. The van der Waals surface area contributed by atoms with Gasteiger partial charge in [-0.15, -0.1) is 0 Å². The van der Waals surface area contributed by atoms with Crippen LogP contribution >= 0.6 is 0 Å². The molecule has 0 aromatic carbocycles. The Morgan fingerprint density at radius 1 is 1.35 bits per heavy atom. The molecule has 0 radical (unpaired) electrons. The van der Waals surface area contributed by atoms with Crippen molar-refractivity contribution in [1.82, 2.24) is 25.3 Å². The van der Waals surface area contributed by atoms with Gasteiger partial charge >= 0.3 is 0 Å². The Bertz CT molecular complexity index is 518. The molecule has 2 aliphatic rings. The number of carbonyl (C=O) groups is 1. The van der Waals surface area contributed by atoms with E-state index in [1.807, 2.05) is 11.8 Å². The summed E-state index contributed by atoms with van der Waals surface area (Å²) in [6, 6.07) is 0.128. The van der Waals surface area contributed by atoms with Gasteiger partial charge in [0.25, 0.3) is 0 Å². The molecule has 3 heterocycles. The average molecular weight is 321 g/mol. The number of aromatic nitrogens is 2. The van der Waals surface area contributed by atoms with E-state index in [1.165, 1.54) is 6.42 Å². The minimum absolute atomic E-state index is 0.0239. The van der Waals surface area contributed by atoms with Gasteiger partial charge in [0.15, 0.2) is 5.82 Å². The summed E-state index contributed by atoms with van der Waals surface area (Å²) in [5.74, 6) is 1.70. The highest BCUT2D eigenvalue weighted by Crippen LogP contribution is 2.21. The molecule has 1 aromatic rings. The van der Waals surface area contributed by atoms with E-state index in [0.29, 0.717) is 5.89 Å². The van der Waals surface area contributed by atoms with E-state index in [-0.39, 0.29) is 18.0 Å². The van der Waals surface area contributed by atoms with Crippen LogP contribution in [0.1, 0.15) is 50.9 Å². The first-order chi connectivity index (χ1) is 11.2. The van der Waals surface area contributed by atoms with Crippen molar-refractivity contribution in [2.24, 2.45) is 0 Å². The zero-order valence-corrected chi connectivity index (χ0v) is 14.1. The molecule has 2 saturated heterocycles. The Morgan fingerprint density at radius 2 is 2.13 bits per heavy atom. The molecule has 2 fully saturated rings. The molecule has 2 aliphatic heterocycles. The van der Waals surface area contributed by atoms with Gasteiger partial charge in [-0.05, 0) is 26.3 Å². The number of piperidine rings is 1. The predicted octanol–water partition coefficient (Wildman–Crippen LogP) is 0.979. The summed E-state index contributed by atoms with van der Waals surface area (Å²) in [4.78, 5) is 21.3. The maximum Gasteiger partial charge on any atom is 0.243 e. The fourth-order valence-electron chi connectivity index (χ4n) is 3.35. The quantitative estimate of drug-likeness (QED) is 0.891. The summed E-state index contributed by atoms with van der Waals surface area (Å²) in [6.07, 6.45) is 4.08. The maximum atomic E-state index is 12.5. The Hall–Kier alpha value is -1.47. The molecule has 0 aliphatic carbocycles. The molecule has 7 nitrogen and oxygen atoms in total. The third kappa shape index (κ3) is 3.72. The number of nitrogens with one attached hydrogen (secondary N) is 1. The van der Waals surface area contributed by atoms with Crippen molar-refractivity contribution in [3.63, 3.8) is 0 Å². The normalized spacial score (nSPS) is 24.6. The van der Waals surface area contributed by atoms with Gasteiger partial charge in [-0.2, -0.15) is 4.98 Å². The van der Waals surface area contributed by atoms with Gasteiger partial charge in [-0.25, -0.2) is 0 Å². The van der Waals surface area contributed by atoms with Crippen LogP contribution in [0.5, 0.6) is 0 Å². The fraction of sp³-hybridized carbons (Fsp3) is 0.812. The molecule has 1 unspecified atom stereocenters. The minimum Gasteiger partial charge on any atom is -0.339 e. The van der Waals surface area contributed by atoms with Crippen LogP contribution in [-0.2, 0) is 11.2 Å². The van der Waals surface area contributed by atoms with E-state index >= 15 is 0 Å². The van der Waals surface area contributed by atoms with Crippen LogP contribution < -0.4 is 5.32 Å². The lowest BCUT2D eigenvalue weighted by Crippen LogP contribution is -2.55. The topological polar surface area (TPSA) is 74.5 Å². The lowest BCUT2D eigenvalue weighted by molar-refractivity contribution is -0.136. The van der Waals surface area contributed by atoms with Crippen LogP contribution in [0.15, 0.2) is 4.52 Å². The first-order valence-corrected chi connectivity index (χ1v) is 8.77. The van der Waals surface area contributed by atoms with Gasteiger partial charge in [-0.1, -0.05) is 18.5 Å². The molecular formula is C16H27N5O2.